The summed E-state index contributed by atoms with van der Waals surface area (Å²) in [5.74, 6) is 0.360. The number of carbonyl (C=O) groups is 1. The molecular weight excluding hydrogens is 300 g/mol. The van der Waals surface area contributed by atoms with E-state index in [1.165, 1.54) is 6.26 Å². The van der Waals surface area contributed by atoms with Gasteiger partial charge in [0.2, 0.25) is 0 Å². The highest BCUT2D eigenvalue weighted by molar-refractivity contribution is 8.29. The van der Waals surface area contributed by atoms with Gasteiger partial charge in [0.1, 0.15) is 20.1 Å². The van der Waals surface area contributed by atoms with E-state index in [0.717, 1.165) is 5.56 Å². The smallest absolute Gasteiger partial charge is 0.428 e. The molecule has 0 bridgehead atoms. The Morgan fingerprint density at radius 1 is 1.25 bits per heavy atom. The maximum atomic E-state index is 11.4. The molecule has 1 unspecified atom stereocenters. The van der Waals surface area contributed by atoms with Crippen molar-refractivity contribution in [1.82, 2.24) is 0 Å². The van der Waals surface area contributed by atoms with Gasteiger partial charge in [-0.25, -0.2) is 9.00 Å². The lowest BCUT2D eigenvalue weighted by Gasteiger charge is -2.18. The molecule has 7 heteroatoms. The fourth-order valence-electron chi connectivity index (χ4n) is 1.20. The van der Waals surface area contributed by atoms with Crippen LogP contribution in [0.25, 0.3) is 0 Å². The summed E-state index contributed by atoms with van der Waals surface area (Å²) in [7, 11) is -2.64. The molecule has 0 aromatic heterocycles. The average molecular weight is 318 g/mol. The van der Waals surface area contributed by atoms with Gasteiger partial charge < -0.3 is 9.47 Å². The van der Waals surface area contributed by atoms with Crippen LogP contribution in [0.2, 0.25) is 0 Å². The molecule has 0 heterocycles. The molecule has 0 N–H and O–H groups in total. The minimum atomic E-state index is -2.64. The monoisotopic (exact) mass is 318 g/mol. The van der Waals surface area contributed by atoms with Gasteiger partial charge >= 0.3 is 6.16 Å². The zero-order chi connectivity index (χ0) is 15.4. The number of carbonyl (C=O) groups excluding carboxylic acids is 1. The van der Waals surface area contributed by atoms with Crippen LogP contribution in [0.3, 0.4) is 0 Å². The van der Waals surface area contributed by atoms with E-state index in [1.807, 2.05) is 0 Å². The van der Waals surface area contributed by atoms with E-state index in [0.29, 0.717) is 5.75 Å². The predicted molar refractivity (Wildman–Crippen MR) is 79.5 cm³/mol. The first-order chi connectivity index (χ1) is 9.05. The van der Waals surface area contributed by atoms with Gasteiger partial charge in [-0.3, -0.25) is 4.18 Å². The second-order valence-corrected chi connectivity index (χ2v) is 8.64. The molecule has 1 aromatic rings. The minimum absolute atomic E-state index is 0.144. The first-order valence-electron chi connectivity index (χ1n) is 5.89. The summed E-state index contributed by atoms with van der Waals surface area (Å²) in [6, 6.07) is 6.59. The van der Waals surface area contributed by atoms with Crippen LogP contribution in [0.4, 0.5) is 4.79 Å². The van der Waals surface area contributed by atoms with Crippen molar-refractivity contribution < 1.29 is 22.7 Å². The van der Waals surface area contributed by atoms with Crippen molar-refractivity contribution in [2.75, 3.05) is 6.26 Å². The first kappa shape index (κ1) is 16.9. The Kier molecular flexibility index (Phi) is 5.50. The molecule has 0 saturated heterocycles. The van der Waals surface area contributed by atoms with E-state index >= 15 is 0 Å². The van der Waals surface area contributed by atoms with Crippen molar-refractivity contribution in [3.63, 3.8) is 0 Å². The summed E-state index contributed by atoms with van der Waals surface area (Å²) in [5.41, 5.74) is 0.177. The Morgan fingerprint density at radius 3 is 2.25 bits per heavy atom. The molecule has 0 aliphatic rings. The Labute approximate surface area is 124 Å². The number of hydrogen-bond acceptors (Lipinski definition) is 6. The van der Waals surface area contributed by atoms with Crippen molar-refractivity contribution in [1.29, 1.82) is 0 Å². The molecule has 112 valence electrons. The average Bonchev–Trinajstić information content (AvgIpc) is 2.24. The van der Waals surface area contributed by atoms with Crippen LogP contribution in [-0.2, 0) is 35.5 Å². The molecule has 1 rings (SSSR count). The van der Waals surface area contributed by atoms with E-state index in [1.54, 1.807) is 45.0 Å². The lowest BCUT2D eigenvalue weighted by molar-refractivity contribution is 0.0206. The Balaban J connectivity index is 2.57. The third kappa shape index (κ3) is 7.42. The normalized spacial score (nSPS) is 14.4. The molecule has 0 spiro atoms. The van der Waals surface area contributed by atoms with Crippen molar-refractivity contribution in [3.8, 4) is 5.75 Å². The van der Waals surface area contributed by atoms with Crippen LogP contribution in [0.5, 0.6) is 5.75 Å². The highest BCUT2D eigenvalue weighted by Gasteiger charge is 2.17. The van der Waals surface area contributed by atoms with E-state index in [4.69, 9.17) is 13.7 Å². The lowest BCUT2D eigenvalue weighted by Crippen LogP contribution is -2.25. The van der Waals surface area contributed by atoms with Crippen LogP contribution in [0.15, 0.2) is 24.3 Å². The van der Waals surface area contributed by atoms with Crippen LogP contribution in [0.1, 0.15) is 26.3 Å². The molecule has 0 radical (unpaired) electrons. The molecule has 0 aliphatic heterocycles. The SMILES string of the molecule is CC(C)(C)OC(=O)Oc1ccc(COS(C)(=O)=S)cc1. The van der Waals surface area contributed by atoms with Gasteiger partial charge in [-0.1, -0.05) is 12.1 Å². The third-order valence-corrected chi connectivity index (χ3v) is 2.79. The van der Waals surface area contributed by atoms with E-state index in [2.05, 4.69) is 11.2 Å². The maximum Gasteiger partial charge on any atom is 0.514 e. The second kappa shape index (κ2) is 6.51. The standard InChI is InChI=1S/C13H18O5S2/c1-13(2,3)18-12(14)17-11-7-5-10(6-8-11)9-16-20(4,15)19/h5-8H,9H2,1-4H3. The zero-order valence-corrected chi connectivity index (χ0v) is 13.5. The highest BCUT2D eigenvalue weighted by Crippen LogP contribution is 2.16. The molecule has 0 aliphatic carbocycles. The van der Waals surface area contributed by atoms with Crippen molar-refractivity contribution in [2.45, 2.75) is 33.0 Å². The summed E-state index contributed by atoms with van der Waals surface area (Å²) in [5, 5.41) is 0. The van der Waals surface area contributed by atoms with Gasteiger partial charge in [0.05, 0.1) is 6.61 Å². The number of ether oxygens (including phenoxy) is 2. The fourth-order valence-corrected chi connectivity index (χ4v) is 1.69. The highest BCUT2D eigenvalue weighted by atomic mass is 32.8. The topological polar surface area (TPSA) is 61.8 Å². The third-order valence-electron chi connectivity index (χ3n) is 1.95. The van der Waals surface area contributed by atoms with E-state index < -0.39 is 20.5 Å². The quantitative estimate of drug-likeness (QED) is 0.628. The first-order valence-corrected chi connectivity index (χ1v) is 8.71. The van der Waals surface area contributed by atoms with Gasteiger partial charge in [0.25, 0.3) is 0 Å². The Morgan fingerprint density at radius 2 is 1.80 bits per heavy atom. The zero-order valence-electron chi connectivity index (χ0n) is 11.9. The lowest BCUT2D eigenvalue weighted by atomic mass is 10.2. The van der Waals surface area contributed by atoms with Gasteiger partial charge in [0, 0.05) is 17.4 Å². The summed E-state index contributed by atoms with van der Waals surface area (Å²) >= 11 is 4.64. The largest absolute Gasteiger partial charge is 0.514 e. The summed E-state index contributed by atoms with van der Waals surface area (Å²) in [6.45, 7) is 5.41. The van der Waals surface area contributed by atoms with Crippen molar-refractivity contribution in [3.05, 3.63) is 29.8 Å². The molecule has 0 amide bonds. The number of benzene rings is 1. The van der Waals surface area contributed by atoms with Crippen molar-refractivity contribution in [2.24, 2.45) is 0 Å². The van der Waals surface area contributed by atoms with Crippen LogP contribution >= 0.6 is 0 Å². The van der Waals surface area contributed by atoms with E-state index in [-0.39, 0.29) is 6.61 Å². The maximum absolute atomic E-state index is 11.4. The van der Waals surface area contributed by atoms with Crippen LogP contribution in [0, 0.1) is 0 Å². The molecule has 20 heavy (non-hydrogen) atoms. The molecule has 1 aromatic carbocycles. The van der Waals surface area contributed by atoms with E-state index in [9.17, 15) is 9.00 Å². The van der Waals surface area contributed by atoms with Crippen LogP contribution < -0.4 is 4.74 Å². The summed E-state index contributed by atoms with van der Waals surface area (Å²) in [6.07, 6.45) is 0.589. The number of rotatable bonds is 4. The Bertz CT molecular complexity index is 555. The van der Waals surface area contributed by atoms with Crippen molar-refractivity contribution >= 4 is 26.1 Å². The number of hydrogen-bond donors (Lipinski definition) is 0. The minimum Gasteiger partial charge on any atom is -0.428 e. The van der Waals surface area contributed by atoms with Gasteiger partial charge in [-0.05, 0) is 38.5 Å². The summed E-state index contributed by atoms with van der Waals surface area (Å²) in [4.78, 5) is 11.4. The molecule has 5 nitrogen and oxygen atoms in total. The van der Waals surface area contributed by atoms with Gasteiger partial charge in [-0.2, -0.15) is 0 Å². The summed E-state index contributed by atoms with van der Waals surface area (Å²) < 4.78 is 26.3. The van der Waals surface area contributed by atoms with Gasteiger partial charge in [0.15, 0.2) is 0 Å². The van der Waals surface area contributed by atoms with Gasteiger partial charge in [-0.15, -0.1) is 0 Å². The molecular formula is C13H18O5S2. The fraction of sp³-hybridized carbons (Fsp3) is 0.462. The van der Waals surface area contributed by atoms with Crippen LogP contribution in [-0.4, -0.2) is 22.2 Å². The molecule has 1 atom stereocenters. The molecule has 0 saturated carbocycles. The Hall–Kier alpha value is -1.18. The predicted octanol–water partition coefficient (Wildman–Crippen LogP) is 2.81. The molecule has 0 fully saturated rings. The second-order valence-electron chi connectivity index (χ2n) is 5.18.